The van der Waals surface area contributed by atoms with Gasteiger partial charge >= 0.3 is 0 Å². The van der Waals surface area contributed by atoms with Gasteiger partial charge in [0, 0.05) is 12.6 Å². The van der Waals surface area contributed by atoms with Gasteiger partial charge in [-0.3, -0.25) is 0 Å². The number of aromatic amines is 1. The molecule has 0 aliphatic carbocycles. The van der Waals surface area contributed by atoms with Gasteiger partial charge in [-0.1, -0.05) is 0 Å². The van der Waals surface area contributed by atoms with Crippen molar-refractivity contribution in [2.24, 2.45) is 0 Å². The number of anilines is 1. The molecule has 3 heterocycles. The maximum absolute atomic E-state index is 4.29. The molecular formula is C11H11N7S. The van der Waals surface area contributed by atoms with Crippen LogP contribution in [0.15, 0.2) is 29.0 Å². The fourth-order valence-corrected chi connectivity index (χ4v) is 2.59. The fraction of sp³-hybridized carbons (Fsp3) is 0.182. The van der Waals surface area contributed by atoms with Crippen molar-refractivity contribution in [3.63, 3.8) is 0 Å². The van der Waals surface area contributed by atoms with Crippen LogP contribution in [-0.4, -0.2) is 37.0 Å². The van der Waals surface area contributed by atoms with E-state index >= 15 is 0 Å². The lowest BCUT2D eigenvalue weighted by atomic mass is 10.3. The quantitative estimate of drug-likeness (QED) is 0.701. The molecule has 8 heteroatoms. The Morgan fingerprint density at radius 1 is 1.05 bits per heavy atom. The number of imidazole rings is 1. The molecule has 7 nitrogen and oxygen atoms in total. The summed E-state index contributed by atoms with van der Waals surface area (Å²) >= 11 is 1.46. The summed E-state index contributed by atoms with van der Waals surface area (Å²) in [5, 5.41) is 4.69. The van der Waals surface area contributed by atoms with E-state index in [-0.39, 0.29) is 0 Å². The second-order valence-corrected chi connectivity index (χ2v) is 4.76. The first-order valence-electron chi connectivity index (χ1n) is 5.61. The third kappa shape index (κ3) is 2.10. The third-order valence-corrected chi connectivity index (χ3v) is 3.76. The van der Waals surface area contributed by atoms with Gasteiger partial charge < -0.3 is 10.3 Å². The van der Waals surface area contributed by atoms with Crippen LogP contribution in [0.4, 0.5) is 5.82 Å². The van der Waals surface area contributed by atoms with E-state index in [2.05, 4.69) is 35.2 Å². The van der Waals surface area contributed by atoms with Crippen molar-refractivity contribution in [2.45, 2.75) is 17.0 Å². The molecule has 0 bridgehead atoms. The zero-order chi connectivity index (χ0) is 13.2. The summed E-state index contributed by atoms with van der Waals surface area (Å²) in [5.41, 5.74) is 2.45. The van der Waals surface area contributed by atoms with Crippen LogP contribution in [0.2, 0.25) is 0 Å². The number of hydrogen-bond acceptors (Lipinski definition) is 7. The van der Waals surface area contributed by atoms with E-state index < -0.39 is 0 Å². The lowest BCUT2D eigenvalue weighted by molar-refractivity contribution is 0.996. The van der Waals surface area contributed by atoms with Gasteiger partial charge in [-0.25, -0.2) is 24.9 Å². The summed E-state index contributed by atoms with van der Waals surface area (Å²) in [4.78, 5) is 24.0. The molecule has 0 atom stereocenters. The van der Waals surface area contributed by atoms with Crippen LogP contribution in [0.25, 0.3) is 11.2 Å². The predicted octanol–water partition coefficient (Wildman–Crippen LogP) is 1.64. The van der Waals surface area contributed by atoms with Crippen LogP contribution in [0.5, 0.6) is 0 Å². The summed E-state index contributed by atoms with van der Waals surface area (Å²) < 4.78 is 0. The average molecular weight is 273 g/mol. The molecule has 0 saturated carbocycles. The zero-order valence-corrected chi connectivity index (χ0v) is 11.2. The van der Waals surface area contributed by atoms with E-state index in [1.54, 1.807) is 6.33 Å². The molecule has 0 fully saturated rings. The van der Waals surface area contributed by atoms with Crippen LogP contribution in [0, 0.1) is 6.92 Å². The third-order valence-electron chi connectivity index (χ3n) is 2.66. The molecule has 2 N–H and O–H groups in total. The van der Waals surface area contributed by atoms with Gasteiger partial charge in [0.1, 0.15) is 34.0 Å². The Hall–Kier alpha value is -2.22. The Morgan fingerprint density at radius 3 is 2.68 bits per heavy atom. The molecule has 0 aliphatic heterocycles. The predicted molar refractivity (Wildman–Crippen MR) is 72.1 cm³/mol. The zero-order valence-electron chi connectivity index (χ0n) is 10.4. The molecule has 3 aromatic heterocycles. The summed E-state index contributed by atoms with van der Waals surface area (Å²) in [6.45, 7) is 1.97. The van der Waals surface area contributed by atoms with Gasteiger partial charge in [0.15, 0.2) is 5.65 Å². The van der Waals surface area contributed by atoms with Crippen molar-refractivity contribution in [3.05, 3.63) is 24.5 Å². The first kappa shape index (κ1) is 11.8. The molecule has 0 aliphatic rings. The Balaban J connectivity index is 2.04. The molecular weight excluding hydrogens is 262 g/mol. The molecule has 19 heavy (non-hydrogen) atoms. The minimum absolute atomic E-state index is 0.651. The van der Waals surface area contributed by atoms with Gasteiger partial charge in [0.05, 0.1) is 6.33 Å². The minimum Gasteiger partial charge on any atom is -0.373 e. The van der Waals surface area contributed by atoms with E-state index in [0.29, 0.717) is 5.65 Å². The average Bonchev–Trinajstić information content (AvgIpc) is 2.90. The van der Waals surface area contributed by atoms with Gasteiger partial charge in [-0.15, -0.1) is 0 Å². The second-order valence-electron chi connectivity index (χ2n) is 3.78. The first-order valence-corrected chi connectivity index (χ1v) is 6.42. The Bertz CT molecular complexity index is 724. The Morgan fingerprint density at radius 2 is 1.84 bits per heavy atom. The summed E-state index contributed by atoms with van der Waals surface area (Å²) in [7, 11) is 1.83. The highest BCUT2D eigenvalue weighted by Crippen LogP contribution is 2.31. The topological polar surface area (TPSA) is 92.3 Å². The second kappa shape index (κ2) is 4.81. The van der Waals surface area contributed by atoms with Crippen molar-refractivity contribution >= 4 is 28.7 Å². The summed E-state index contributed by atoms with van der Waals surface area (Å²) in [6.07, 6.45) is 4.64. The first-order chi connectivity index (χ1) is 9.29. The maximum Gasteiger partial charge on any atom is 0.181 e. The number of aromatic nitrogens is 6. The van der Waals surface area contributed by atoms with Crippen LogP contribution >= 0.6 is 11.8 Å². The molecule has 0 aromatic carbocycles. The fourth-order valence-electron chi connectivity index (χ4n) is 1.70. The molecule has 0 unspecified atom stereocenters. The van der Waals surface area contributed by atoms with Gasteiger partial charge in [-0.05, 0) is 18.7 Å². The Labute approximate surface area is 113 Å². The van der Waals surface area contributed by atoms with Gasteiger partial charge in [-0.2, -0.15) is 0 Å². The largest absolute Gasteiger partial charge is 0.373 e. The van der Waals surface area contributed by atoms with E-state index in [4.69, 9.17) is 0 Å². The number of rotatable bonds is 3. The maximum atomic E-state index is 4.29. The molecule has 0 spiro atoms. The molecule has 3 aromatic rings. The van der Waals surface area contributed by atoms with E-state index in [0.717, 1.165) is 26.9 Å². The van der Waals surface area contributed by atoms with Crippen LogP contribution in [0.3, 0.4) is 0 Å². The number of nitrogens with zero attached hydrogens (tertiary/aromatic N) is 5. The minimum atomic E-state index is 0.651. The molecule has 0 amide bonds. The molecule has 0 radical (unpaired) electrons. The van der Waals surface area contributed by atoms with Crippen molar-refractivity contribution in [3.8, 4) is 0 Å². The van der Waals surface area contributed by atoms with Crippen LogP contribution in [0.1, 0.15) is 5.56 Å². The normalized spacial score (nSPS) is 10.8. The lowest BCUT2D eigenvalue weighted by Gasteiger charge is -2.07. The Kier molecular flexibility index (Phi) is 3.00. The number of nitrogens with one attached hydrogen (secondary N) is 2. The number of H-pyrrole nitrogens is 1. The van der Waals surface area contributed by atoms with E-state index in [1.807, 2.05) is 14.0 Å². The number of fused-ring (bicyclic) bond motifs is 1. The van der Waals surface area contributed by atoms with Crippen LogP contribution < -0.4 is 5.32 Å². The van der Waals surface area contributed by atoms with Crippen molar-refractivity contribution in [1.29, 1.82) is 0 Å². The van der Waals surface area contributed by atoms with Crippen molar-refractivity contribution in [1.82, 2.24) is 29.9 Å². The molecule has 96 valence electrons. The van der Waals surface area contributed by atoms with Gasteiger partial charge in [0.25, 0.3) is 0 Å². The molecule has 0 saturated heterocycles. The molecule has 3 rings (SSSR count). The SMILES string of the molecule is CNc1ncnc(Sc2ncnc3nc[nH]c23)c1C. The summed E-state index contributed by atoms with van der Waals surface area (Å²) in [5.74, 6) is 0.812. The lowest BCUT2D eigenvalue weighted by Crippen LogP contribution is -1.99. The standard InChI is InChI=1S/C11H11N7S/c1-6-8(12-2)14-4-17-10(6)19-11-7-9(15-3-13-7)16-5-18-11/h3-5H,1-2H3,(H,12,14,17)(H,13,15,16,18). The smallest absolute Gasteiger partial charge is 0.181 e. The number of hydrogen-bond donors (Lipinski definition) is 2. The van der Waals surface area contributed by atoms with Crippen molar-refractivity contribution in [2.75, 3.05) is 12.4 Å². The highest BCUT2D eigenvalue weighted by atomic mass is 32.2. The summed E-state index contributed by atoms with van der Waals surface area (Å²) in [6, 6.07) is 0. The van der Waals surface area contributed by atoms with Crippen molar-refractivity contribution < 1.29 is 0 Å². The highest BCUT2D eigenvalue weighted by molar-refractivity contribution is 7.99. The van der Waals surface area contributed by atoms with E-state index in [1.165, 1.54) is 24.4 Å². The highest BCUT2D eigenvalue weighted by Gasteiger charge is 2.12. The van der Waals surface area contributed by atoms with Gasteiger partial charge in [0.2, 0.25) is 0 Å². The van der Waals surface area contributed by atoms with E-state index in [9.17, 15) is 0 Å². The van der Waals surface area contributed by atoms with Crippen LogP contribution in [-0.2, 0) is 0 Å². The monoisotopic (exact) mass is 273 g/mol.